The molecule has 2 atom stereocenters. The van der Waals surface area contributed by atoms with Crippen molar-refractivity contribution in [1.82, 2.24) is 10.2 Å². The van der Waals surface area contributed by atoms with Crippen LogP contribution in [0.25, 0.3) is 0 Å². The second-order valence-corrected chi connectivity index (χ2v) is 7.85. The highest BCUT2D eigenvalue weighted by molar-refractivity contribution is 5.67. The molecule has 0 spiro atoms. The predicted molar refractivity (Wildman–Crippen MR) is 87.9 cm³/mol. The van der Waals surface area contributed by atoms with Gasteiger partial charge in [0.05, 0.1) is 0 Å². The van der Waals surface area contributed by atoms with Crippen LogP contribution in [0, 0.1) is 11.8 Å². The summed E-state index contributed by atoms with van der Waals surface area (Å²) < 4.78 is 0. The molecule has 1 aliphatic heterocycles. The lowest BCUT2D eigenvalue weighted by Crippen LogP contribution is -2.53. The molecule has 2 unspecified atom stereocenters. The lowest BCUT2D eigenvalue weighted by atomic mass is 9.90. The number of carbonyl (C=O) groups is 1. The second-order valence-electron chi connectivity index (χ2n) is 7.85. The molecule has 2 N–H and O–H groups in total. The van der Waals surface area contributed by atoms with Crippen molar-refractivity contribution < 1.29 is 9.90 Å². The smallest absolute Gasteiger partial charge is 0.303 e. The van der Waals surface area contributed by atoms with Crippen LogP contribution in [0.15, 0.2) is 0 Å². The quantitative estimate of drug-likeness (QED) is 0.792. The van der Waals surface area contributed by atoms with Crippen molar-refractivity contribution in [2.45, 2.75) is 76.3 Å². The van der Waals surface area contributed by atoms with Crippen molar-refractivity contribution in [2.75, 3.05) is 19.6 Å². The summed E-state index contributed by atoms with van der Waals surface area (Å²) in [4.78, 5) is 13.7. The molecule has 2 aliphatic carbocycles. The molecule has 0 aromatic carbocycles. The Bertz CT molecular complexity index is 362. The predicted octanol–water partition coefficient (Wildman–Crippen LogP) is 2.87. The Morgan fingerprint density at radius 3 is 2.36 bits per heavy atom. The van der Waals surface area contributed by atoms with Gasteiger partial charge in [-0.25, -0.2) is 0 Å². The molecule has 22 heavy (non-hydrogen) atoms. The van der Waals surface area contributed by atoms with E-state index >= 15 is 0 Å². The molecule has 126 valence electrons. The van der Waals surface area contributed by atoms with Gasteiger partial charge in [0.1, 0.15) is 0 Å². The van der Waals surface area contributed by atoms with Crippen LogP contribution in [0.1, 0.15) is 64.2 Å². The molecule has 4 heteroatoms. The van der Waals surface area contributed by atoms with Gasteiger partial charge in [-0.05, 0) is 50.5 Å². The summed E-state index contributed by atoms with van der Waals surface area (Å²) >= 11 is 0. The number of nitrogens with zero attached hydrogens (tertiary/aromatic N) is 1. The fourth-order valence-electron chi connectivity index (χ4n) is 4.90. The van der Waals surface area contributed by atoms with E-state index in [1.165, 1.54) is 51.4 Å². The number of carboxylic acid groups (broad SMARTS) is 1. The fourth-order valence-corrected chi connectivity index (χ4v) is 4.90. The summed E-state index contributed by atoms with van der Waals surface area (Å²) in [6, 6.07) is 1.21. The van der Waals surface area contributed by atoms with Crippen molar-refractivity contribution in [2.24, 2.45) is 11.8 Å². The van der Waals surface area contributed by atoms with E-state index in [0.717, 1.165) is 32.0 Å². The van der Waals surface area contributed by atoms with Crippen LogP contribution < -0.4 is 5.32 Å². The highest BCUT2D eigenvalue weighted by atomic mass is 16.4. The maximum Gasteiger partial charge on any atom is 0.303 e. The number of likely N-dealkylation sites (tertiary alicyclic amines) is 1. The zero-order valence-electron chi connectivity index (χ0n) is 13.8. The summed E-state index contributed by atoms with van der Waals surface area (Å²) in [7, 11) is 0. The Morgan fingerprint density at radius 1 is 1.00 bits per heavy atom. The summed E-state index contributed by atoms with van der Waals surface area (Å²) in [5, 5.41) is 13.0. The third kappa shape index (κ3) is 4.45. The van der Waals surface area contributed by atoms with Crippen LogP contribution in [-0.2, 0) is 4.79 Å². The molecule has 0 aromatic rings. The maximum atomic E-state index is 11.1. The Hall–Kier alpha value is -0.610. The van der Waals surface area contributed by atoms with Gasteiger partial charge in [0.2, 0.25) is 0 Å². The first-order valence-corrected chi connectivity index (χ1v) is 9.40. The largest absolute Gasteiger partial charge is 0.481 e. The normalized spacial score (nSPS) is 31.8. The molecule has 0 bridgehead atoms. The van der Waals surface area contributed by atoms with Crippen LogP contribution in [0.2, 0.25) is 0 Å². The number of aliphatic carboxylic acids is 1. The monoisotopic (exact) mass is 308 g/mol. The average molecular weight is 308 g/mol. The van der Waals surface area contributed by atoms with Gasteiger partial charge < -0.3 is 10.4 Å². The molecule has 0 radical (unpaired) electrons. The Morgan fingerprint density at radius 2 is 1.68 bits per heavy atom. The molecule has 0 amide bonds. The molecule has 3 rings (SSSR count). The number of hydrogen-bond acceptors (Lipinski definition) is 3. The highest BCUT2D eigenvalue weighted by Crippen LogP contribution is 2.30. The lowest BCUT2D eigenvalue weighted by molar-refractivity contribution is -0.138. The first-order chi connectivity index (χ1) is 10.7. The number of hydrogen-bond donors (Lipinski definition) is 2. The van der Waals surface area contributed by atoms with Crippen LogP contribution in [-0.4, -0.2) is 47.7 Å². The van der Waals surface area contributed by atoms with Crippen LogP contribution in [0.4, 0.5) is 0 Å². The average Bonchev–Trinajstić information content (AvgIpc) is 3.18. The number of rotatable bonds is 6. The van der Waals surface area contributed by atoms with E-state index < -0.39 is 5.97 Å². The van der Waals surface area contributed by atoms with Crippen molar-refractivity contribution in [3.8, 4) is 0 Å². The minimum absolute atomic E-state index is 0.327. The molecule has 1 heterocycles. The van der Waals surface area contributed by atoms with Crippen LogP contribution in [0.5, 0.6) is 0 Å². The summed E-state index contributed by atoms with van der Waals surface area (Å²) in [5.74, 6) is 0.556. The SMILES string of the molecule is O=C(O)CC1CC(NCC2CCCC2)CN(C2CCCC2)C1. The van der Waals surface area contributed by atoms with Gasteiger partial charge in [-0.15, -0.1) is 0 Å². The molecule has 3 fully saturated rings. The Labute approximate surface area is 134 Å². The van der Waals surface area contributed by atoms with E-state index in [1.54, 1.807) is 0 Å². The zero-order valence-corrected chi connectivity index (χ0v) is 13.8. The molecule has 1 saturated heterocycles. The molecule has 0 aromatic heterocycles. The minimum atomic E-state index is -0.632. The lowest BCUT2D eigenvalue weighted by Gasteiger charge is -2.41. The van der Waals surface area contributed by atoms with Crippen molar-refractivity contribution in [3.63, 3.8) is 0 Å². The van der Waals surface area contributed by atoms with Crippen molar-refractivity contribution in [1.29, 1.82) is 0 Å². The fraction of sp³-hybridized carbons (Fsp3) is 0.944. The van der Waals surface area contributed by atoms with E-state index in [4.69, 9.17) is 5.11 Å². The third-order valence-electron chi connectivity index (χ3n) is 6.04. The van der Waals surface area contributed by atoms with E-state index in [9.17, 15) is 4.79 Å². The first-order valence-electron chi connectivity index (χ1n) is 9.40. The topological polar surface area (TPSA) is 52.6 Å². The van der Waals surface area contributed by atoms with E-state index in [0.29, 0.717) is 24.4 Å². The second kappa shape index (κ2) is 7.78. The molecular formula is C18H32N2O2. The van der Waals surface area contributed by atoms with Gasteiger partial charge in [0.15, 0.2) is 0 Å². The Balaban J connectivity index is 1.54. The maximum absolute atomic E-state index is 11.1. The van der Waals surface area contributed by atoms with Gasteiger partial charge in [-0.2, -0.15) is 0 Å². The van der Waals surface area contributed by atoms with E-state index in [1.807, 2.05) is 0 Å². The van der Waals surface area contributed by atoms with Gasteiger partial charge in [-0.1, -0.05) is 25.7 Å². The molecular weight excluding hydrogens is 276 g/mol. The Kier molecular flexibility index (Phi) is 5.75. The number of carboxylic acids is 1. The molecule has 3 aliphatic rings. The first kappa shape index (κ1) is 16.3. The standard InChI is InChI=1S/C18H32N2O2/c21-18(22)10-15-9-16(19-11-14-5-1-2-6-14)13-20(12-15)17-7-3-4-8-17/h14-17,19H,1-13H2,(H,21,22). The van der Waals surface area contributed by atoms with Gasteiger partial charge in [-0.3, -0.25) is 9.69 Å². The van der Waals surface area contributed by atoms with E-state index in [-0.39, 0.29) is 0 Å². The highest BCUT2D eigenvalue weighted by Gasteiger charge is 2.33. The minimum Gasteiger partial charge on any atom is -0.481 e. The van der Waals surface area contributed by atoms with Crippen molar-refractivity contribution >= 4 is 5.97 Å². The molecule has 4 nitrogen and oxygen atoms in total. The summed E-state index contributed by atoms with van der Waals surface area (Å²) in [6.45, 7) is 3.27. The van der Waals surface area contributed by atoms with Gasteiger partial charge in [0.25, 0.3) is 0 Å². The molecule has 2 saturated carbocycles. The van der Waals surface area contributed by atoms with Crippen molar-refractivity contribution in [3.05, 3.63) is 0 Å². The summed E-state index contributed by atoms with van der Waals surface area (Å²) in [6.07, 6.45) is 12.3. The van der Waals surface area contributed by atoms with Crippen LogP contribution in [0.3, 0.4) is 0 Å². The van der Waals surface area contributed by atoms with E-state index in [2.05, 4.69) is 10.2 Å². The van der Waals surface area contributed by atoms with Gasteiger partial charge >= 0.3 is 5.97 Å². The summed E-state index contributed by atoms with van der Waals surface area (Å²) in [5.41, 5.74) is 0. The van der Waals surface area contributed by atoms with Gasteiger partial charge in [0, 0.05) is 31.6 Å². The number of nitrogens with one attached hydrogen (secondary N) is 1. The number of piperidine rings is 1. The zero-order chi connectivity index (χ0) is 15.4. The van der Waals surface area contributed by atoms with Crippen LogP contribution >= 0.6 is 0 Å². The third-order valence-corrected chi connectivity index (χ3v) is 6.04.